The number of hydrogen-bond acceptors (Lipinski definition) is 2. The second-order valence-electron chi connectivity index (χ2n) is 3.78. The van der Waals surface area contributed by atoms with E-state index in [0.29, 0.717) is 6.04 Å². The average Bonchev–Trinajstić information content (AvgIpc) is 2.16. The molecule has 0 aromatic carbocycles. The van der Waals surface area contributed by atoms with Gasteiger partial charge >= 0.3 is 0 Å². The third-order valence-electron chi connectivity index (χ3n) is 2.50. The predicted molar refractivity (Wildman–Crippen MR) is 64.6 cm³/mol. The fourth-order valence-electron chi connectivity index (χ4n) is 1.10. The van der Waals surface area contributed by atoms with Crippen molar-refractivity contribution in [3.05, 3.63) is 0 Å². The Labute approximate surface area is 88.1 Å². The minimum atomic E-state index is 0.689. The molecule has 0 spiro atoms. The van der Waals surface area contributed by atoms with Gasteiger partial charge in [0.05, 0.1) is 0 Å². The number of unbranched alkanes of at least 4 members (excludes halogenated alkanes) is 1. The molecule has 13 heavy (non-hydrogen) atoms. The van der Waals surface area contributed by atoms with Crippen LogP contribution in [0.1, 0.15) is 46.5 Å². The summed E-state index contributed by atoms with van der Waals surface area (Å²) in [6, 6.07) is 0.689. The van der Waals surface area contributed by atoms with Crippen molar-refractivity contribution >= 4 is 11.8 Å². The second kappa shape index (κ2) is 8.89. The Bertz CT molecular complexity index is 94.3. The van der Waals surface area contributed by atoms with Gasteiger partial charge in [0.1, 0.15) is 0 Å². The lowest BCUT2D eigenvalue weighted by Crippen LogP contribution is -2.20. The van der Waals surface area contributed by atoms with Crippen LogP contribution in [0, 0.1) is 0 Å². The van der Waals surface area contributed by atoms with Crippen LogP contribution in [0.25, 0.3) is 0 Å². The van der Waals surface area contributed by atoms with E-state index in [-0.39, 0.29) is 0 Å². The Morgan fingerprint density at radius 3 is 2.46 bits per heavy atom. The highest BCUT2D eigenvalue weighted by molar-refractivity contribution is 7.99. The predicted octanol–water partition coefficient (Wildman–Crippen LogP) is 3.30. The summed E-state index contributed by atoms with van der Waals surface area (Å²) >= 11 is 2.12. The highest BCUT2D eigenvalue weighted by Crippen LogP contribution is 2.15. The maximum absolute atomic E-state index is 3.27. The van der Waals surface area contributed by atoms with Crippen molar-refractivity contribution in [1.82, 2.24) is 5.32 Å². The zero-order valence-corrected chi connectivity index (χ0v) is 10.4. The minimum Gasteiger partial charge on any atom is -0.317 e. The summed E-state index contributed by atoms with van der Waals surface area (Å²) < 4.78 is 0. The largest absolute Gasteiger partial charge is 0.317 e. The van der Waals surface area contributed by atoms with Gasteiger partial charge in [0.15, 0.2) is 0 Å². The van der Waals surface area contributed by atoms with Gasteiger partial charge in [-0.1, -0.05) is 20.3 Å². The molecule has 0 saturated carbocycles. The molecule has 0 rings (SSSR count). The number of nitrogens with one attached hydrogen (secondary N) is 1. The van der Waals surface area contributed by atoms with Crippen molar-refractivity contribution in [3.8, 4) is 0 Å². The highest BCUT2D eigenvalue weighted by atomic mass is 32.2. The Kier molecular flexibility index (Phi) is 9.10. The van der Waals surface area contributed by atoms with Crippen molar-refractivity contribution < 1.29 is 0 Å². The van der Waals surface area contributed by atoms with Crippen molar-refractivity contribution in [1.29, 1.82) is 0 Å². The third-order valence-corrected chi connectivity index (χ3v) is 3.93. The van der Waals surface area contributed by atoms with Gasteiger partial charge in [-0.25, -0.2) is 0 Å². The molecule has 0 aliphatic carbocycles. The molecule has 2 heteroatoms. The maximum Gasteiger partial charge on any atom is 0.00357 e. The van der Waals surface area contributed by atoms with Crippen molar-refractivity contribution in [3.63, 3.8) is 0 Å². The van der Waals surface area contributed by atoms with Crippen LogP contribution in [-0.4, -0.2) is 24.1 Å². The van der Waals surface area contributed by atoms with Crippen LogP contribution in [0.15, 0.2) is 0 Å². The topological polar surface area (TPSA) is 12.0 Å². The van der Waals surface area contributed by atoms with Gasteiger partial charge < -0.3 is 5.32 Å². The fraction of sp³-hybridized carbons (Fsp3) is 1.00. The lowest BCUT2D eigenvalue weighted by atomic mass is 10.1. The first kappa shape index (κ1) is 13.3. The first-order chi connectivity index (χ1) is 6.20. The molecule has 0 bridgehead atoms. The van der Waals surface area contributed by atoms with Crippen LogP contribution in [0.4, 0.5) is 0 Å². The molecule has 0 saturated heterocycles. The van der Waals surface area contributed by atoms with Gasteiger partial charge in [-0.3, -0.25) is 0 Å². The Morgan fingerprint density at radius 1 is 1.23 bits per heavy atom. The quantitative estimate of drug-likeness (QED) is 0.608. The highest BCUT2D eigenvalue weighted by Gasteiger charge is 2.00. The van der Waals surface area contributed by atoms with Gasteiger partial charge in [0, 0.05) is 11.3 Å². The van der Waals surface area contributed by atoms with E-state index in [0.717, 1.165) is 5.25 Å². The molecular weight excluding hydrogens is 178 g/mol. The zero-order chi connectivity index (χ0) is 10.1. The molecular formula is C11H25NS. The molecule has 0 radical (unpaired) electrons. The molecule has 0 amide bonds. The lowest BCUT2D eigenvalue weighted by molar-refractivity contribution is 0.538. The minimum absolute atomic E-state index is 0.689. The van der Waals surface area contributed by atoms with Gasteiger partial charge in [0.25, 0.3) is 0 Å². The third kappa shape index (κ3) is 8.63. The summed E-state index contributed by atoms with van der Waals surface area (Å²) in [6.07, 6.45) is 5.36. The van der Waals surface area contributed by atoms with E-state index in [1.807, 2.05) is 7.05 Å². The van der Waals surface area contributed by atoms with Crippen molar-refractivity contribution in [2.45, 2.75) is 57.7 Å². The number of hydrogen-bond donors (Lipinski definition) is 1. The Hall–Kier alpha value is 0.310. The lowest BCUT2D eigenvalue weighted by Gasteiger charge is -2.10. The Balaban J connectivity index is 3.08. The van der Waals surface area contributed by atoms with Crippen LogP contribution in [-0.2, 0) is 0 Å². The maximum atomic E-state index is 3.27. The van der Waals surface area contributed by atoms with Gasteiger partial charge in [-0.15, -0.1) is 0 Å². The van der Waals surface area contributed by atoms with Crippen LogP contribution < -0.4 is 5.32 Å². The molecule has 0 aliphatic heterocycles. The molecule has 80 valence electrons. The van der Waals surface area contributed by atoms with Crippen molar-refractivity contribution in [2.24, 2.45) is 0 Å². The summed E-state index contributed by atoms with van der Waals surface area (Å²) in [4.78, 5) is 0. The van der Waals surface area contributed by atoms with Crippen LogP contribution in [0.3, 0.4) is 0 Å². The summed E-state index contributed by atoms with van der Waals surface area (Å²) in [5, 5.41) is 4.12. The van der Waals surface area contributed by atoms with Crippen LogP contribution in [0.2, 0.25) is 0 Å². The summed E-state index contributed by atoms with van der Waals surface area (Å²) in [6.45, 7) is 6.84. The molecule has 2 atom stereocenters. The molecule has 2 unspecified atom stereocenters. The van der Waals surface area contributed by atoms with Gasteiger partial charge in [-0.2, -0.15) is 11.8 Å². The molecule has 0 aromatic rings. The molecule has 0 fully saturated rings. The monoisotopic (exact) mass is 203 g/mol. The van der Waals surface area contributed by atoms with E-state index >= 15 is 0 Å². The Morgan fingerprint density at radius 2 is 1.92 bits per heavy atom. The first-order valence-corrected chi connectivity index (χ1v) is 6.54. The van der Waals surface area contributed by atoms with Gasteiger partial charge in [0.2, 0.25) is 0 Å². The molecule has 0 aliphatic rings. The molecule has 1 nitrogen and oxygen atoms in total. The number of rotatable bonds is 8. The molecule has 1 N–H and O–H groups in total. The zero-order valence-electron chi connectivity index (χ0n) is 9.60. The fourth-order valence-corrected chi connectivity index (χ4v) is 2.11. The van der Waals surface area contributed by atoms with E-state index in [4.69, 9.17) is 0 Å². The first-order valence-electron chi connectivity index (χ1n) is 5.49. The standard InChI is InChI=1S/C11H25NS/c1-5-11(3)13-9-7-6-8-10(2)12-4/h10-12H,5-9H2,1-4H3. The summed E-state index contributed by atoms with van der Waals surface area (Å²) in [5.41, 5.74) is 0. The summed E-state index contributed by atoms with van der Waals surface area (Å²) in [5.74, 6) is 1.34. The summed E-state index contributed by atoms with van der Waals surface area (Å²) in [7, 11) is 2.04. The normalized spacial score (nSPS) is 15.7. The van der Waals surface area contributed by atoms with Crippen molar-refractivity contribution in [2.75, 3.05) is 12.8 Å². The molecule has 0 aromatic heterocycles. The smallest absolute Gasteiger partial charge is 0.00357 e. The SMILES string of the molecule is CCC(C)SCCCCC(C)NC. The van der Waals surface area contributed by atoms with E-state index in [2.05, 4.69) is 37.8 Å². The van der Waals surface area contributed by atoms with E-state index in [1.54, 1.807) is 0 Å². The van der Waals surface area contributed by atoms with Crippen LogP contribution in [0.5, 0.6) is 0 Å². The van der Waals surface area contributed by atoms with E-state index < -0.39 is 0 Å². The second-order valence-corrected chi connectivity index (χ2v) is 5.32. The van der Waals surface area contributed by atoms with E-state index in [9.17, 15) is 0 Å². The molecule has 0 heterocycles. The van der Waals surface area contributed by atoms with Crippen LogP contribution >= 0.6 is 11.8 Å². The van der Waals surface area contributed by atoms with E-state index in [1.165, 1.54) is 31.4 Å². The average molecular weight is 203 g/mol. The van der Waals surface area contributed by atoms with Gasteiger partial charge in [-0.05, 0) is 39.0 Å². The number of thioether (sulfide) groups is 1.